The molecule has 104 valence electrons. The van der Waals surface area contributed by atoms with E-state index in [1.54, 1.807) is 5.56 Å². The molecule has 2 heterocycles. The second-order valence-corrected chi connectivity index (χ2v) is 6.20. The number of nitrogens with one attached hydrogen (secondary N) is 1. The van der Waals surface area contributed by atoms with E-state index < -0.39 is 0 Å². The molecule has 2 aliphatic rings. The van der Waals surface area contributed by atoms with Gasteiger partial charge in [0.25, 0.3) is 0 Å². The minimum Gasteiger partial charge on any atom is -0.312 e. The first-order valence-electron chi connectivity index (χ1n) is 7.88. The number of rotatable bonds is 2. The maximum Gasteiger partial charge on any atom is 0.0236 e. The Morgan fingerprint density at radius 1 is 1.21 bits per heavy atom. The highest BCUT2D eigenvalue weighted by Gasteiger charge is 2.17. The molecule has 1 fully saturated rings. The molecule has 2 heteroatoms. The molecule has 0 saturated carbocycles. The van der Waals surface area contributed by atoms with Gasteiger partial charge >= 0.3 is 0 Å². The lowest BCUT2D eigenvalue weighted by Gasteiger charge is -2.27. The predicted octanol–water partition coefficient (Wildman–Crippen LogP) is 3.10. The van der Waals surface area contributed by atoms with E-state index in [1.165, 1.54) is 49.8 Å². The zero-order valence-electron chi connectivity index (χ0n) is 12.1. The molecule has 0 radical (unpaired) electrons. The monoisotopic (exact) mass is 258 g/mol. The van der Waals surface area contributed by atoms with Crippen molar-refractivity contribution in [2.24, 2.45) is 0 Å². The van der Waals surface area contributed by atoms with Crippen LogP contribution in [-0.4, -0.2) is 24.0 Å². The quantitative estimate of drug-likeness (QED) is 0.877. The first-order chi connectivity index (χ1) is 9.33. The Kier molecular flexibility index (Phi) is 4.19. The Morgan fingerprint density at radius 3 is 3.11 bits per heavy atom. The number of hydrogen-bond donors (Lipinski definition) is 1. The number of likely N-dealkylation sites (tertiary alicyclic amines) is 1. The topological polar surface area (TPSA) is 15.3 Å². The average Bonchev–Trinajstić information content (AvgIpc) is 2.64. The number of benzene rings is 1. The summed E-state index contributed by atoms with van der Waals surface area (Å²) in [4.78, 5) is 2.67. The van der Waals surface area contributed by atoms with Crippen LogP contribution in [-0.2, 0) is 19.5 Å². The number of hydrogen-bond acceptors (Lipinski definition) is 2. The normalized spacial score (nSPS) is 24.8. The Hall–Kier alpha value is -0.860. The molecule has 1 atom stereocenters. The fourth-order valence-electron chi connectivity index (χ4n) is 3.44. The highest BCUT2D eigenvalue weighted by molar-refractivity contribution is 5.33. The molecule has 19 heavy (non-hydrogen) atoms. The summed E-state index contributed by atoms with van der Waals surface area (Å²) in [5.41, 5.74) is 4.56. The average molecular weight is 258 g/mol. The molecule has 0 aliphatic carbocycles. The Morgan fingerprint density at radius 2 is 2.16 bits per heavy atom. The van der Waals surface area contributed by atoms with Crippen LogP contribution in [0.4, 0.5) is 0 Å². The van der Waals surface area contributed by atoms with Crippen molar-refractivity contribution in [3.8, 4) is 0 Å². The lowest BCUT2D eigenvalue weighted by Crippen LogP contribution is -2.32. The molecule has 3 rings (SSSR count). The van der Waals surface area contributed by atoms with Crippen LogP contribution in [0.15, 0.2) is 18.2 Å². The molecular formula is C17H26N2. The van der Waals surface area contributed by atoms with E-state index in [0.29, 0.717) is 0 Å². The van der Waals surface area contributed by atoms with Gasteiger partial charge in [0.05, 0.1) is 0 Å². The smallest absolute Gasteiger partial charge is 0.0236 e. The Bertz CT molecular complexity index is 427. The largest absolute Gasteiger partial charge is 0.312 e. The second kappa shape index (κ2) is 6.06. The van der Waals surface area contributed by atoms with Crippen LogP contribution in [0, 0.1) is 0 Å². The first-order valence-corrected chi connectivity index (χ1v) is 7.88. The predicted molar refractivity (Wildman–Crippen MR) is 80.2 cm³/mol. The molecule has 1 aromatic rings. The standard InChI is InChI=1S/C17H26N2/c1-14-5-3-2-4-10-19(14)13-15-6-7-16-8-9-18-12-17(16)11-15/h6-7,11,14,18H,2-5,8-10,12-13H2,1H3. The van der Waals surface area contributed by atoms with Crippen molar-refractivity contribution in [3.63, 3.8) is 0 Å². The van der Waals surface area contributed by atoms with Gasteiger partial charge in [-0.05, 0) is 56.0 Å². The van der Waals surface area contributed by atoms with Crippen LogP contribution >= 0.6 is 0 Å². The van der Waals surface area contributed by atoms with Crippen molar-refractivity contribution in [3.05, 3.63) is 34.9 Å². The van der Waals surface area contributed by atoms with Crippen molar-refractivity contribution in [2.45, 2.75) is 58.2 Å². The van der Waals surface area contributed by atoms with Crippen molar-refractivity contribution in [2.75, 3.05) is 13.1 Å². The third kappa shape index (κ3) is 3.18. The lowest BCUT2D eigenvalue weighted by atomic mass is 9.98. The van der Waals surface area contributed by atoms with Crippen LogP contribution in [0.25, 0.3) is 0 Å². The van der Waals surface area contributed by atoms with Crippen molar-refractivity contribution < 1.29 is 0 Å². The van der Waals surface area contributed by atoms with E-state index in [0.717, 1.165) is 25.7 Å². The first kappa shape index (κ1) is 13.1. The molecule has 1 aromatic carbocycles. The zero-order valence-corrected chi connectivity index (χ0v) is 12.1. The summed E-state index contributed by atoms with van der Waals surface area (Å²) in [6.07, 6.45) is 6.75. The van der Waals surface area contributed by atoms with Gasteiger partial charge in [0, 0.05) is 19.1 Å². The van der Waals surface area contributed by atoms with Gasteiger partial charge in [0.2, 0.25) is 0 Å². The van der Waals surface area contributed by atoms with Crippen LogP contribution in [0.3, 0.4) is 0 Å². The van der Waals surface area contributed by atoms with Crippen LogP contribution in [0.1, 0.15) is 49.3 Å². The fraction of sp³-hybridized carbons (Fsp3) is 0.647. The molecule has 2 nitrogen and oxygen atoms in total. The van der Waals surface area contributed by atoms with Gasteiger partial charge in [-0.2, -0.15) is 0 Å². The van der Waals surface area contributed by atoms with Crippen LogP contribution in [0.5, 0.6) is 0 Å². The van der Waals surface area contributed by atoms with Crippen molar-refractivity contribution in [1.29, 1.82) is 0 Å². The lowest BCUT2D eigenvalue weighted by molar-refractivity contribution is 0.205. The molecule has 0 aromatic heterocycles. The van der Waals surface area contributed by atoms with Crippen molar-refractivity contribution in [1.82, 2.24) is 10.2 Å². The van der Waals surface area contributed by atoms with Gasteiger partial charge < -0.3 is 5.32 Å². The number of fused-ring (bicyclic) bond motifs is 1. The zero-order chi connectivity index (χ0) is 13.1. The van der Waals surface area contributed by atoms with Crippen LogP contribution in [0.2, 0.25) is 0 Å². The summed E-state index contributed by atoms with van der Waals surface area (Å²) in [6.45, 7) is 6.99. The third-order valence-electron chi connectivity index (χ3n) is 4.73. The molecule has 0 spiro atoms. The van der Waals surface area contributed by atoms with Crippen molar-refractivity contribution >= 4 is 0 Å². The van der Waals surface area contributed by atoms with E-state index in [9.17, 15) is 0 Å². The molecule has 1 N–H and O–H groups in total. The molecule has 1 unspecified atom stereocenters. The minimum absolute atomic E-state index is 0.747. The Balaban J connectivity index is 1.71. The summed E-state index contributed by atoms with van der Waals surface area (Å²) in [7, 11) is 0. The molecule has 0 bridgehead atoms. The fourth-order valence-corrected chi connectivity index (χ4v) is 3.44. The van der Waals surface area contributed by atoms with E-state index in [2.05, 4.69) is 35.3 Å². The number of nitrogens with zero attached hydrogens (tertiary/aromatic N) is 1. The van der Waals surface area contributed by atoms with Gasteiger partial charge in [-0.1, -0.05) is 31.0 Å². The van der Waals surface area contributed by atoms with Gasteiger partial charge in [-0.3, -0.25) is 4.90 Å². The van der Waals surface area contributed by atoms with Gasteiger partial charge in [-0.15, -0.1) is 0 Å². The summed E-state index contributed by atoms with van der Waals surface area (Å²) in [6, 6.07) is 7.88. The van der Waals surface area contributed by atoms with Gasteiger partial charge in [-0.25, -0.2) is 0 Å². The highest BCUT2D eigenvalue weighted by atomic mass is 15.1. The highest BCUT2D eigenvalue weighted by Crippen LogP contribution is 2.21. The minimum atomic E-state index is 0.747. The summed E-state index contributed by atoms with van der Waals surface area (Å²) < 4.78 is 0. The summed E-state index contributed by atoms with van der Waals surface area (Å²) in [5.74, 6) is 0. The third-order valence-corrected chi connectivity index (χ3v) is 4.73. The van der Waals surface area contributed by atoms with Gasteiger partial charge in [0.15, 0.2) is 0 Å². The molecule has 0 amide bonds. The molecule has 1 saturated heterocycles. The van der Waals surface area contributed by atoms with E-state index in [1.807, 2.05) is 0 Å². The Labute approximate surface area is 117 Å². The molecule has 2 aliphatic heterocycles. The summed E-state index contributed by atoms with van der Waals surface area (Å²) in [5, 5.41) is 3.48. The van der Waals surface area contributed by atoms with E-state index >= 15 is 0 Å². The van der Waals surface area contributed by atoms with Crippen LogP contribution < -0.4 is 5.32 Å². The maximum absolute atomic E-state index is 3.48. The maximum atomic E-state index is 3.48. The SMILES string of the molecule is CC1CCCCCN1Cc1ccc2c(c1)CNCC2. The second-order valence-electron chi connectivity index (χ2n) is 6.20. The van der Waals surface area contributed by atoms with E-state index in [-0.39, 0.29) is 0 Å². The van der Waals surface area contributed by atoms with Gasteiger partial charge in [0.1, 0.15) is 0 Å². The summed E-state index contributed by atoms with van der Waals surface area (Å²) >= 11 is 0. The van der Waals surface area contributed by atoms with E-state index in [4.69, 9.17) is 0 Å². The molecular weight excluding hydrogens is 232 g/mol.